The highest BCUT2D eigenvalue weighted by Gasteiger charge is 2.16. The summed E-state index contributed by atoms with van der Waals surface area (Å²) in [4.78, 5) is 26.6. The number of primary amides is 1. The number of nitrogens with two attached hydrogens (primary N) is 1. The zero-order chi connectivity index (χ0) is 13.4. The maximum Gasteiger partial charge on any atom is 0.241 e. The third-order valence-electron chi connectivity index (χ3n) is 2.10. The Bertz CT molecular complexity index is 418. The summed E-state index contributed by atoms with van der Waals surface area (Å²) in [5.74, 6) is 0.0541. The van der Waals surface area contributed by atoms with Gasteiger partial charge < -0.3 is 11.1 Å². The SMILES string of the molecule is CSCC[C@H](Nc1nccs1)C(=O)C=CC(N)=O. The van der Waals surface area contributed by atoms with Crippen LogP contribution in [0, 0.1) is 0 Å². The average Bonchev–Trinajstić information content (AvgIpc) is 2.84. The molecule has 0 saturated heterocycles. The Balaban J connectivity index is 2.64. The van der Waals surface area contributed by atoms with Gasteiger partial charge in [-0.1, -0.05) is 0 Å². The lowest BCUT2D eigenvalue weighted by atomic mass is 10.1. The van der Waals surface area contributed by atoms with Crippen LogP contribution < -0.4 is 11.1 Å². The van der Waals surface area contributed by atoms with Crippen molar-refractivity contribution >= 4 is 39.9 Å². The lowest BCUT2D eigenvalue weighted by Gasteiger charge is -2.14. The molecule has 7 heteroatoms. The van der Waals surface area contributed by atoms with Crippen LogP contribution in [-0.4, -0.2) is 34.7 Å². The third-order valence-corrected chi connectivity index (χ3v) is 3.44. The van der Waals surface area contributed by atoms with Crippen LogP contribution in [0.3, 0.4) is 0 Å². The van der Waals surface area contributed by atoms with Crippen molar-refractivity contribution in [3.63, 3.8) is 0 Å². The summed E-state index contributed by atoms with van der Waals surface area (Å²) >= 11 is 3.09. The molecule has 1 amide bonds. The molecule has 1 heterocycles. The number of rotatable bonds is 8. The van der Waals surface area contributed by atoms with Gasteiger partial charge in [-0.3, -0.25) is 9.59 Å². The molecule has 0 bridgehead atoms. The van der Waals surface area contributed by atoms with Gasteiger partial charge in [-0.05, 0) is 24.5 Å². The summed E-state index contributed by atoms with van der Waals surface area (Å²) in [6.07, 6.45) is 6.61. The lowest BCUT2D eigenvalue weighted by Crippen LogP contribution is -2.29. The van der Waals surface area contributed by atoms with E-state index in [9.17, 15) is 9.59 Å². The van der Waals surface area contributed by atoms with E-state index in [4.69, 9.17) is 5.73 Å². The number of amides is 1. The van der Waals surface area contributed by atoms with Crippen LogP contribution in [0.15, 0.2) is 23.7 Å². The molecule has 3 N–H and O–H groups in total. The zero-order valence-corrected chi connectivity index (χ0v) is 11.6. The van der Waals surface area contributed by atoms with Crippen LogP contribution in [0.5, 0.6) is 0 Å². The first-order valence-electron chi connectivity index (χ1n) is 5.30. The number of anilines is 1. The van der Waals surface area contributed by atoms with Gasteiger partial charge >= 0.3 is 0 Å². The second kappa shape index (κ2) is 7.88. The molecule has 0 saturated carbocycles. The Morgan fingerprint density at radius 2 is 2.39 bits per heavy atom. The van der Waals surface area contributed by atoms with E-state index in [2.05, 4.69) is 10.3 Å². The van der Waals surface area contributed by atoms with E-state index in [1.807, 2.05) is 11.6 Å². The monoisotopic (exact) mass is 285 g/mol. The first-order chi connectivity index (χ1) is 8.63. The van der Waals surface area contributed by atoms with E-state index >= 15 is 0 Å². The molecule has 0 spiro atoms. The third kappa shape index (κ3) is 5.33. The number of nitrogens with one attached hydrogen (secondary N) is 1. The molecule has 0 aliphatic heterocycles. The molecular weight excluding hydrogens is 270 g/mol. The first-order valence-corrected chi connectivity index (χ1v) is 7.57. The maximum absolute atomic E-state index is 11.9. The van der Waals surface area contributed by atoms with Crippen molar-refractivity contribution in [2.24, 2.45) is 5.73 Å². The highest BCUT2D eigenvalue weighted by Crippen LogP contribution is 2.14. The number of thiazole rings is 1. The number of thioether (sulfide) groups is 1. The molecule has 0 aromatic carbocycles. The fourth-order valence-corrected chi connectivity index (χ4v) is 2.30. The Kier molecular flexibility index (Phi) is 6.45. The van der Waals surface area contributed by atoms with Crippen molar-refractivity contribution in [2.75, 3.05) is 17.3 Å². The molecule has 0 aliphatic carbocycles. The van der Waals surface area contributed by atoms with Crippen molar-refractivity contribution in [3.05, 3.63) is 23.7 Å². The van der Waals surface area contributed by atoms with Crippen molar-refractivity contribution < 1.29 is 9.59 Å². The summed E-state index contributed by atoms with van der Waals surface area (Å²) in [6.45, 7) is 0. The molecule has 1 aromatic rings. The van der Waals surface area contributed by atoms with Crippen LogP contribution >= 0.6 is 23.1 Å². The number of hydrogen-bond acceptors (Lipinski definition) is 6. The molecule has 0 unspecified atom stereocenters. The molecule has 1 rings (SSSR count). The van der Waals surface area contributed by atoms with Crippen molar-refractivity contribution in [1.82, 2.24) is 4.98 Å². The van der Waals surface area contributed by atoms with Crippen molar-refractivity contribution in [3.8, 4) is 0 Å². The summed E-state index contributed by atoms with van der Waals surface area (Å²) < 4.78 is 0. The molecule has 0 fully saturated rings. The molecular formula is C11H15N3O2S2. The zero-order valence-electron chi connectivity index (χ0n) is 9.96. The summed E-state index contributed by atoms with van der Waals surface area (Å²) in [6, 6.07) is -0.376. The number of carbonyl (C=O) groups excluding carboxylic acids is 2. The van der Waals surface area contributed by atoms with Gasteiger partial charge in [0, 0.05) is 17.7 Å². The minimum atomic E-state index is -0.624. The van der Waals surface area contributed by atoms with Gasteiger partial charge in [0.2, 0.25) is 5.91 Å². The van der Waals surface area contributed by atoms with Gasteiger partial charge in [0.15, 0.2) is 10.9 Å². The second-order valence-electron chi connectivity index (χ2n) is 3.45. The lowest BCUT2D eigenvalue weighted by molar-refractivity contribution is -0.116. The number of hydrogen-bond donors (Lipinski definition) is 2. The van der Waals surface area contributed by atoms with Crippen LogP contribution in [0.25, 0.3) is 0 Å². The van der Waals surface area contributed by atoms with Gasteiger partial charge in [-0.25, -0.2) is 4.98 Å². The van der Waals surface area contributed by atoms with Gasteiger partial charge in [0.1, 0.15) is 0 Å². The van der Waals surface area contributed by atoms with Crippen molar-refractivity contribution in [1.29, 1.82) is 0 Å². The normalized spacial score (nSPS) is 12.5. The summed E-state index contributed by atoms with van der Waals surface area (Å²) in [5.41, 5.74) is 4.96. The number of ketones is 1. The quantitative estimate of drug-likeness (QED) is 0.703. The predicted octanol–water partition coefficient (Wildman–Crippen LogP) is 1.29. The van der Waals surface area contributed by atoms with Crippen LogP contribution in [0.1, 0.15) is 6.42 Å². The number of aromatic nitrogens is 1. The van der Waals surface area contributed by atoms with Crippen LogP contribution in [0.4, 0.5) is 5.13 Å². The maximum atomic E-state index is 11.9. The van der Waals surface area contributed by atoms with Gasteiger partial charge in [0.05, 0.1) is 6.04 Å². The summed E-state index contributed by atoms with van der Waals surface area (Å²) in [7, 11) is 0. The summed E-state index contributed by atoms with van der Waals surface area (Å²) in [5, 5.41) is 5.59. The topological polar surface area (TPSA) is 85.1 Å². The van der Waals surface area contributed by atoms with Gasteiger partial charge in [0.25, 0.3) is 0 Å². The highest BCUT2D eigenvalue weighted by atomic mass is 32.2. The molecule has 18 heavy (non-hydrogen) atoms. The van der Waals surface area contributed by atoms with Crippen LogP contribution in [0.2, 0.25) is 0 Å². The van der Waals surface area contributed by atoms with E-state index < -0.39 is 5.91 Å². The van der Waals surface area contributed by atoms with Crippen LogP contribution in [-0.2, 0) is 9.59 Å². The Hall–Kier alpha value is -1.34. The fourth-order valence-electron chi connectivity index (χ4n) is 1.25. The number of nitrogens with zero attached hydrogens (tertiary/aromatic N) is 1. The second-order valence-corrected chi connectivity index (χ2v) is 5.33. The predicted molar refractivity (Wildman–Crippen MR) is 75.9 cm³/mol. The van der Waals surface area contributed by atoms with Gasteiger partial charge in [-0.15, -0.1) is 11.3 Å². The van der Waals surface area contributed by atoms with E-state index in [1.54, 1.807) is 18.0 Å². The fraction of sp³-hybridized carbons (Fsp3) is 0.364. The molecule has 1 atom stereocenters. The van der Waals surface area contributed by atoms with E-state index in [1.165, 1.54) is 17.4 Å². The molecule has 0 aliphatic rings. The Labute approximate surface area is 114 Å². The average molecular weight is 285 g/mol. The minimum absolute atomic E-state index is 0.168. The van der Waals surface area contributed by atoms with Crippen molar-refractivity contribution in [2.45, 2.75) is 12.5 Å². The minimum Gasteiger partial charge on any atom is -0.366 e. The Morgan fingerprint density at radius 1 is 1.61 bits per heavy atom. The molecule has 1 aromatic heterocycles. The van der Waals surface area contributed by atoms with E-state index in [0.717, 1.165) is 11.8 Å². The first kappa shape index (κ1) is 14.7. The largest absolute Gasteiger partial charge is 0.366 e. The van der Waals surface area contributed by atoms with Gasteiger partial charge in [-0.2, -0.15) is 11.8 Å². The van der Waals surface area contributed by atoms with E-state index in [-0.39, 0.29) is 11.8 Å². The molecule has 5 nitrogen and oxygen atoms in total. The smallest absolute Gasteiger partial charge is 0.241 e. The number of carbonyl (C=O) groups is 2. The molecule has 0 radical (unpaired) electrons. The highest BCUT2D eigenvalue weighted by molar-refractivity contribution is 7.98. The Morgan fingerprint density at radius 3 is 2.94 bits per heavy atom. The standard InChI is InChI=1S/C11H15N3O2S2/c1-17-6-4-8(9(15)2-3-10(12)16)14-11-13-5-7-18-11/h2-3,5,7-8H,4,6H2,1H3,(H2,12,16)(H,13,14)/t8-/m0/s1. The van der Waals surface area contributed by atoms with E-state index in [0.29, 0.717) is 11.6 Å². The molecule has 98 valence electrons.